The lowest BCUT2D eigenvalue weighted by molar-refractivity contribution is 0.255. The van der Waals surface area contributed by atoms with Gasteiger partial charge in [0.2, 0.25) is 5.95 Å². The lowest BCUT2D eigenvalue weighted by Crippen LogP contribution is -2.57. The van der Waals surface area contributed by atoms with Gasteiger partial charge in [-0.05, 0) is 69.7 Å². The first-order valence-corrected chi connectivity index (χ1v) is 14.3. The molecule has 1 unspecified atom stereocenters. The number of nitrogens with one attached hydrogen (secondary N) is 1. The number of hydrogen-bond donors (Lipinski definition) is 1. The Bertz CT molecular complexity index is 1790. The van der Waals surface area contributed by atoms with E-state index in [1.165, 1.54) is 6.20 Å². The van der Waals surface area contributed by atoms with Crippen molar-refractivity contribution in [2.24, 2.45) is 0 Å². The van der Waals surface area contributed by atoms with Gasteiger partial charge < -0.3 is 24.4 Å². The molecule has 1 atom stereocenters. The topological polar surface area (TPSA) is 84.2 Å². The van der Waals surface area contributed by atoms with Gasteiger partial charge in [-0.25, -0.2) is 19.3 Å². The largest absolute Gasteiger partial charge is 0.489 e. The summed E-state index contributed by atoms with van der Waals surface area (Å²) in [5, 5.41) is 3.26. The van der Waals surface area contributed by atoms with Crippen LogP contribution in [-0.4, -0.2) is 56.8 Å². The lowest BCUT2D eigenvalue weighted by Gasteiger charge is -2.46. The van der Waals surface area contributed by atoms with Gasteiger partial charge >= 0.3 is 0 Å². The van der Waals surface area contributed by atoms with E-state index in [0.29, 0.717) is 18.1 Å². The number of nitrogens with zero attached hydrogens (tertiary/aromatic N) is 7. The average Bonchev–Trinajstić information content (AvgIpc) is 3.34. The minimum Gasteiger partial charge on any atom is -0.489 e. The van der Waals surface area contributed by atoms with Gasteiger partial charge in [-0.1, -0.05) is 0 Å². The number of imidazole rings is 1. The Morgan fingerprint density at radius 2 is 1.93 bits per heavy atom. The molecule has 1 N–H and O–H groups in total. The molecule has 5 heterocycles. The zero-order chi connectivity index (χ0) is 29.0. The lowest BCUT2D eigenvalue weighted by atomic mass is 10.1. The van der Waals surface area contributed by atoms with E-state index in [2.05, 4.69) is 60.6 Å². The Morgan fingerprint density at radius 3 is 2.74 bits per heavy atom. The number of fused-ring (bicyclic) bond motifs is 4. The van der Waals surface area contributed by atoms with E-state index < -0.39 is 5.82 Å². The molecule has 1 fully saturated rings. The maximum Gasteiger partial charge on any atom is 0.227 e. The maximum absolute atomic E-state index is 15.1. The number of aryl methyl sites for hydroxylation is 2. The van der Waals surface area contributed by atoms with Crippen molar-refractivity contribution < 1.29 is 9.13 Å². The molecule has 3 aromatic heterocycles. The molecular formula is C32H33FN8O. The maximum atomic E-state index is 15.1. The molecule has 10 heteroatoms. The van der Waals surface area contributed by atoms with Crippen LogP contribution in [0.3, 0.4) is 0 Å². The fourth-order valence-electron chi connectivity index (χ4n) is 6.25. The Kier molecular flexibility index (Phi) is 6.41. The number of piperazine rings is 1. The SMILES string of the molecule is Cc1cc(-c2nc(Nc3ccc4c(c3)OCC3CN(c5cccnc5)CCN43)ncc2F)cc2c1nc(C)n2C(C)C. The van der Waals surface area contributed by atoms with Crippen molar-refractivity contribution in [3.05, 3.63) is 78.3 Å². The molecule has 2 aliphatic heterocycles. The van der Waals surface area contributed by atoms with Gasteiger partial charge in [0.05, 0.1) is 40.8 Å². The highest BCUT2D eigenvalue weighted by molar-refractivity contribution is 5.85. The minimum atomic E-state index is -0.475. The molecule has 2 aliphatic rings. The molecule has 42 heavy (non-hydrogen) atoms. The third-order valence-electron chi connectivity index (χ3n) is 8.15. The summed E-state index contributed by atoms with van der Waals surface area (Å²) in [6.07, 6.45) is 4.93. The molecule has 0 aliphatic carbocycles. The van der Waals surface area contributed by atoms with Crippen LogP contribution in [0.25, 0.3) is 22.3 Å². The zero-order valence-corrected chi connectivity index (χ0v) is 24.2. The molecule has 0 bridgehead atoms. The van der Waals surface area contributed by atoms with Crippen LogP contribution in [-0.2, 0) is 0 Å². The van der Waals surface area contributed by atoms with E-state index in [1.807, 2.05) is 50.4 Å². The summed E-state index contributed by atoms with van der Waals surface area (Å²) < 4.78 is 23.5. The van der Waals surface area contributed by atoms with Crippen LogP contribution in [0.2, 0.25) is 0 Å². The highest BCUT2D eigenvalue weighted by Gasteiger charge is 2.33. The average molecular weight is 565 g/mol. The first kappa shape index (κ1) is 26.2. The quantitative estimate of drug-likeness (QED) is 0.276. The second-order valence-electron chi connectivity index (χ2n) is 11.3. The minimum absolute atomic E-state index is 0.226. The standard InChI is InChI=1S/C32H33FN8O/c1-19(2)41-21(4)36-30-20(3)12-22(13-28(30)41)31-26(33)16-35-32(38-31)37-23-7-8-27-29(14-23)42-18-25-17-39(10-11-40(25)27)24-6-5-9-34-15-24/h5-9,12-16,19,25H,10-11,17-18H2,1-4H3,(H,35,37,38). The van der Waals surface area contributed by atoms with Gasteiger partial charge in [0.25, 0.3) is 0 Å². The van der Waals surface area contributed by atoms with E-state index in [-0.39, 0.29) is 17.8 Å². The van der Waals surface area contributed by atoms with Crippen molar-refractivity contribution in [1.82, 2.24) is 24.5 Å². The fourth-order valence-corrected chi connectivity index (χ4v) is 6.25. The molecule has 7 rings (SSSR count). The smallest absolute Gasteiger partial charge is 0.227 e. The zero-order valence-electron chi connectivity index (χ0n) is 24.2. The number of benzene rings is 2. The summed E-state index contributed by atoms with van der Waals surface area (Å²) in [7, 11) is 0. The Balaban J connectivity index is 1.13. The highest BCUT2D eigenvalue weighted by Crippen LogP contribution is 2.38. The summed E-state index contributed by atoms with van der Waals surface area (Å²) in [4.78, 5) is 22.6. The van der Waals surface area contributed by atoms with Crippen LogP contribution >= 0.6 is 0 Å². The van der Waals surface area contributed by atoms with Gasteiger partial charge in [-0.2, -0.15) is 0 Å². The normalized spacial score (nSPS) is 16.4. The van der Waals surface area contributed by atoms with Gasteiger partial charge in [-0.15, -0.1) is 0 Å². The Morgan fingerprint density at radius 1 is 1.05 bits per heavy atom. The fraction of sp³-hybridized carbons (Fsp3) is 0.312. The van der Waals surface area contributed by atoms with Crippen molar-refractivity contribution in [1.29, 1.82) is 0 Å². The van der Waals surface area contributed by atoms with E-state index in [9.17, 15) is 0 Å². The Labute approximate surface area is 244 Å². The van der Waals surface area contributed by atoms with Crippen molar-refractivity contribution in [3.63, 3.8) is 0 Å². The molecule has 0 radical (unpaired) electrons. The molecule has 0 saturated carbocycles. The molecule has 5 aromatic rings. The monoisotopic (exact) mass is 564 g/mol. The van der Waals surface area contributed by atoms with Crippen molar-refractivity contribution in [2.45, 2.75) is 39.8 Å². The predicted molar refractivity (Wildman–Crippen MR) is 163 cm³/mol. The van der Waals surface area contributed by atoms with Gasteiger partial charge in [-0.3, -0.25) is 4.98 Å². The summed E-state index contributed by atoms with van der Waals surface area (Å²) >= 11 is 0. The second-order valence-corrected chi connectivity index (χ2v) is 11.3. The van der Waals surface area contributed by atoms with Gasteiger partial charge in [0.15, 0.2) is 5.82 Å². The van der Waals surface area contributed by atoms with Crippen LogP contribution in [0.1, 0.15) is 31.3 Å². The first-order chi connectivity index (χ1) is 20.4. The number of hydrogen-bond acceptors (Lipinski definition) is 8. The number of rotatable bonds is 5. The van der Waals surface area contributed by atoms with Crippen molar-refractivity contribution >= 4 is 34.0 Å². The molecule has 0 amide bonds. The van der Waals surface area contributed by atoms with E-state index in [0.717, 1.165) is 64.9 Å². The molecule has 214 valence electrons. The Hall–Kier alpha value is -4.73. The van der Waals surface area contributed by atoms with Crippen LogP contribution in [0, 0.1) is 19.7 Å². The van der Waals surface area contributed by atoms with Crippen LogP contribution in [0.5, 0.6) is 5.75 Å². The summed E-state index contributed by atoms with van der Waals surface area (Å²) in [6, 6.07) is 14.5. The first-order valence-electron chi connectivity index (χ1n) is 14.3. The van der Waals surface area contributed by atoms with Crippen LogP contribution in [0.15, 0.2) is 61.1 Å². The van der Waals surface area contributed by atoms with Crippen LogP contribution in [0.4, 0.5) is 27.4 Å². The van der Waals surface area contributed by atoms with Crippen LogP contribution < -0.4 is 19.9 Å². The van der Waals surface area contributed by atoms with E-state index in [4.69, 9.17) is 9.72 Å². The summed E-state index contributed by atoms with van der Waals surface area (Å²) in [6.45, 7) is 11.5. The van der Waals surface area contributed by atoms with E-state index in [1.54, 1.807) is 6.20 Å². The molecule has 2 aromatic carbocycles. The van der Waals surface area contributed by atoms with Gasteiger partial charge in [0.1, 0.15) is 23.9 Å². The van der Waals surface area contributed by atoms with E-state index >= 15 is 4.39 Å². The number of anilines is 4. The number of aromatic nitrogens is 5. The van der Waals surface area contributed by atoms with Crippen molar-refractivity contribution in [2.75, 3.05) is 41.4 Å². The summed E-state index contributed by atoms with van der Waals surface area (Å²) in [5.74, 6) is 1.59. The number of halogens is 1. The van der Waals surface area contributed by atoms with Crippen molar-refractivity contribution in [3.8, 4) is 17.0 Å². The molecule has 0 spiro atoms. The predicted octanol–water partition coefficient (Wildman–Crippen LogP) is 6.06. The second kappa shape index (κ2) is 10.3. The highest BCUT2D eigenvalue weighted by atomic mass is 19.1. The number of pyridine rings is 1. The molecule has 1 saturated heterocycles. The number of ether oxygens (including phenoxy) is 1. The third-order valence-corrected chi connectivity index (χ3v) is 8.15. The third kappa shape index (κ3) is 4.56. The molecular weight excluding hydrogens is 531 g/mol. The summed E-state index contributed by atoms with van der Waals surface area (Å²) in [5.41, 5.74) is 6.79. The van der Waals surface area contributed by atoms with Gasteiger partial charge in [0, 0.05) is 49.2 Å². The molecule has 9 nitrogen and oxygen atoms in total.